The zero-order chi connectivity index (χ0) is 21.2. The first-order chi connectivity index (χ1) is 14.3. The fourth-order valence-corrected chi connectivity index (χ4v) is 6.68. The van der Waals surface area contributed by atoms with Crippen molar-refractivity contribution in [3.8, 4) is 0 Å². The normalized spacial score (nSPS) is 31.3. The smallest absolute Gasteiger partial charge is 0.326 e. The standard InChI is InChI=1S/C22H21Cl2NO5/c23-16-4-14-15(5-17(16)24)21(29)25(20(14)28)9-19(27)30-10-18(26)22-6-11-1-12(7-22)3-13(2-11)8-22/h4-5,11-13H,1-3,6-10H2. The van der Waals surface area contributed by atoms with Gasteiger partial charge in [0, 0.05) is 5.41 Å². The highest BCUT2D eigenvalue weighted by atomic mass is 35.5. The lowest BCUT2D eigenvalue weighted by Crippen LogP contribution is -2.51. The maximum atomic E-state index is 13.0. The van der Waals surface area contributed by atoms with Crippen molar-refractivity contribution in [3.05, 3.63) is 33.3 Å². The number of imide groups is 1. The van der Waals surface area contributed by atoms with E-state index in [-0.39, 0.29) is 39.0 Å². The molecule has 1 aromatic rings. The predicted molar refractivity (Wildman–Crippen MR) is 108 cm³/mol. The van der Waals surface area contributed by atoms with Gasteiger partial charge in [-0.2, -0.15) is 0 Å². The predicted octanol–water partition coefficient (Wildman–Crippen LogP) is 3.92. The van der Waals surface area contributed by atoms with Gasteiger partial charge in [0.05, 0.1) is 21.2 Å². The average molecular weight is 450 g/mol. The van der Waals surface area contributed by atoms with E-state index in [0.29, 0.717) is 17.8 Å². The number of ether oxygens (including phenoxy) is 1. The number of rotatable bonds is 5. The minimum atomic E-state index is -0.778. The maximum Gasteiger partial charge on any atom is 0.326 e. The largest absolute Gasteiger partial charge is 0.456 e. The van der Waals surface area contributed by atoms with Gasteiger partial charge in [-0.25, -0.2) is 0 Å². The molecule has 8 heteroatoms. The molecule has 1 heterocycles. The number of amides is 2. The molecule has 0 N–H and O–H groups in total. The van der Waals surface area contributed by atoms with Gasteiger partial charge in [0.15, 0.2) is 12.4 Å². The molecule has 5 aliphatic rings. The Morgan fingerprint density at radius 1 is 0.933 bits per heavy atom. The summed E-state index contributed by atoms with van der Waals surface area (Å²) in [6, 6.07) is 2.64. The van der Waals surface area contributed by atoms with Crippen LogP contribution in [-0.4, -0.2) is 41.6 Å². The average Bonchev–Trinajstić information content (AvgIpc) is 2.90. The lowest BCUT2D eigenvalue weighted by atomic mass is 9.48. The Morgan fingerprint density at radius 3 is 1.87 bits per heavy atom. The molecule has 0 aromatic heterocycles. The number of carbonyl (C=O) groups is 4. The van der Waals surface area contributed by atoms with Crippen LogP contribution in [0.4, 0.5) is 0 Å². The molecule has 2 amide bonds. The van der Waals surface area contributed by atoms with Gasteiger partial charge in [-0.1, -0.05) is 23.2 Å². The fraction of sp³-hybridized carbons (Fsp3) is 0.545. The van der Waals surface area contributed by atoms with Gasteiger partial charge in [0.2, 0.25) is 0 Å². The van der Waals surface area contributed by atoms with Gasteiger partial charge in [-0.05, 0) is 68.4 Å². The molecule has 1 aromatic carbocycles. The second kappa shape index (κ2) is 7.06. The molecule has 158 valence electrons. The van der Waals surface area contributed by atoms with Crippen LogP contribution in [0.3, 0.4) is 0 Å². The second-order valence-electron chi connectivity index (χ2n) is 9.29. The molecule has 4 aliphatic carbocycles. The van der Waals surface area contributed by atoms with Crippen molar-refractivity contribution in [3.63, 3.8) is 0 Å². The van der Waals surface area contributed by atoms with Gasteiger partial charge in [-0.3, -0.25) is 24.1 Å². The van der Waals surface area contributed by atoms with Crippen molar-refractivity contribution in [1.29, 1.82) is 0 Å². The fourth-order valence-electron chi connectivity index (χ4n) is 6.35. The zero-order valence-corrected chi connectivity index (χ0v) is 17.8. The zero-order valence-electron chi connectivity index (χ0n) is 16.3. The highest BCUT2D eigenvalue weighted by molar-refractivity contribution is 6.43. The molecule has 0 unspecified atom stereocenters. The summed E-state index contributed by atoms with van der Waals surface area (Å²) in [7, 11) is 0. The van der Waals surface area contributed by atoms with Gasteiger partial charge >= 0.3 is 5.97 Å². The van der Waals surface area contributed by atoms with E-state index in [1.54, 1.807) is 0 Å². The first kappa shape index (κ1) is 20.0. The Hall–Kier alpha value is -1.92. The molecular weight excluding hydrogens is 429 g/mol. The minimum Gasteiger partial charge on any atom is -0.456 e. The summed E-state index contributed by atoms with van der Waals surface area (Å²) in [6.07, 6.45) is 6.36. The number of nitrogens with zero attached hydrogens (tertiary/aromatic N) is 1. The summed E-state index contributed by atoms with van der Waals surface area (Å²) in [5.41, 5.74) is -0.142. The van der Waals surface area contributed by atoms with E-state index in [0.717, 1.165) is 24.2 Å². The number of hydrogen-bond acceptors (Lipinski definition) is 5. The van der Waals surface area contributed by atoms with Crippen molar-refractivity contribution in [2.24, 2.45) is 23.2 Å². The van der Waals surface area contributed by atoms with E-state index >= 15 is 0 Å². The van der Waals surface area contributed by atoms with Crippen molar-refractivity contribution >= 4 is 46.8 Å². The summed E-state index contributed by atoms with van der Waals surface area (Å²) in [5, 5.41) is 0.310. The Morgan fingerprint density at radius 2 is 1.40 bits per heavy atom. The summed E-state index contributed by atoms with van der Waals surface area (Å²) in [5.74, 6) is -0.194. The maximum absolute atomic E-state index is 13.0. The molecule has 4 bridgehead atoms. The van der Waals surface area contributed by atoms with E-state index in [2.05, 4.69) is 0 Å². The van der Waals surface area contributed by atoms with Crippen LogP contribution in [0.25, 0.3) is 0 Å². The molecule has 6 nitrogen and oxygen atoms in total. The summed E-state index contributed by atoms with van der Waals surface area (Å²) >= 11 is 11.9. The van der Waals surface area contributed by atoms with Crippen molar-refractivity contribution in [1.82, 2.24) is 4.90 Å². The molecule has 0 radical (unpaired) electrons. The molecule has 0 spiro atoms. The third kappa shape index (κ3) is 3.16. The third-order valence-electron chi connectivity index (χ3n) is 7.29. The number of esters is 1. The lowest BCUT2D eigenvalue weighted by molar-refractivity contribution is -0.157. The van der Waals surface area contributed by atoms with Crippen molar-refractivity contribution in [2.45, 2.75) is 38.5 Å². The summed E-state index contributed by atoms with van der Waals surface area (Å²) in [4.78, 5) is 51.1. The first-order valence-corrected chi connectivity index (χ1v) is 11.1. The van der Waals surface area contributed by atoms with E-state index < -0.39 is 24.3 Å². The number of fused-ring (bicyclic) bond motifs is 1. The number of Topliss-reactive ketones (excluding diaryl/α,β-unsaturated/α-hetero) is 1. The molecule has 0 saturated heterocycles. The van der Waals surface area contributed by atoms with Crippen LogP contribution >= 0.6 is 23.2 Å². The van der Waals surface area contributed by atoms with Gasteiger partial charge in [0.25, 0.3) is 11.8 Å². The topological polar surface area (TPSA) is 80.8 Å². The van der Waals surface area contributed by atoms with Crippen LogP contribution in [0.2, 0.25) is 10.0 Å². The molecule has 0 atom stereocenters. The van der Waals surface area contributed by atoms with Gasteiger partial charge in [0.1, 0.15) is 6.54 Å². The molecule has 30 heavy (non-hydrogen) atoms. The van der Waals surface area contributed by atoms with E-state index in [1.165, 1.54) is 31.4 Å². The van der Waals surface area contributed by atoms with Gasteiger partial charge in [-0.15, -0.1) is 0 Å². The Kier molecular flexibility index (Phi) is 4.71. The van der Waals surface area contributed by atoms with Crippen molar-refractivity contribution < 1.29 is 23.9 Å². The van der Waals surface area contributed by atoms with E-state index in [1.807, 2.05) is 0 Å². The Labute approximate surface area is 183 Å². The number of carbonyl (C=O) groups excluding carboxylic acids is 4. The quantitative estimate of drug-likeness (QED) is 0.502. The van der Waals surface area contributed by atoms with E-state index in [9.17, 15) is 19.2 Å². The number of halogens is 2. The minimum absolute atomic E-state index is 0.0177. The highest BCUT2D eigenvalue weighted by Crippen LogP contribution is 2.60. The lowest BCUT2D eigenvalue weighted by Gasteiger charge is -2.55. The molecule has 6 rings (SSSR count). The van der Waals surface area contributed by atoms with Gasteiger partial charge < -0.3 is 4.74 Å². The number of hydrogen-bond donors (Lipinski definition) is 0. The van der Waals surface area contributed by atoms with E-state index in [4.69, 9.17) is 27.9 Å². The third-order valence-corrected chi connectivity index (χ3v) is 8.01. The van der Waals surface area contributed by atoms with Crippen molar-refractivity contribution in [2.75, 3.05) is 13.2 Å². The van der Waals surface area contributed by atoms with Crippen LogP contribution in [0, 0.1) is 23.2 Å². The molecule has 1 aliphatic heterocycles. The summed E-state index contributed by atoms with van der Waals surface area (Å²) in [6.45, 7) is -0.846. The molecule has 4 saturated carbocycles. The second-order valence-corrected chi connectivity index (χ2v) is 10.1. The number of ketones is 1. The monoisotopic (exact) mass is 449 g/mol. The SMILES string of the molecule is O=C(CN1C(=O)c2cc(Cl)c(Cl)cc2C1=O)OCC(=O)C12CC3CC(CC(C3)C1)C2. The van der Waals surface area contributed by atoms with Crippen LogP contribution in [0.15, 0.2) is 12.1 Å². The number of benzene rings is 1. The van der Waals surface area contributed by atoms with Crippen LogP contribution in [0.1, 0.15) is 59.2 Å². The summed E-state index contributed by atoms with van der Waals surface area (Å²) < 4.78 is 5.21. The van der Waals surface area contributed by atoms with Crippen LogP contribution < -0.4 is 0 Å². The Balaban J connectivity index is 1.22. The molecular formula is C22H21Cl2NO5. The highest BCUT2D eigenvalue weighted by Gasteiger charge is 2.54. The Bertz CT molecular complexity index is 912. The molecule has 4 fully saturated rings. The van der Waals surface area contributed by atoms with Crippen LogP contribution in [0.5, 0.6) is 0 Å². The first-order valence-electron chi connectivity index (χ1n) is 10.3. The van der Waals surface area contributed by atoms with Crippen LogP contribution in [-0.2, 0) is 14.3 Å².